The zero-order valence-electron chi connectivity index (χ0n) is 11.0. The molecule has 0 radical (unpaired) electrons. The molecular formula is C12H14FN3O2S2. The fraction of sp³-hybridized carbons (Fsp3) is 0.250. The second-order valence-electron chi connectivity index (χ2n) is 4.32. The van der Waals surface area contributed by atoms with E-state index >= 15 is 0 Å². The summed E-state index contributed by atoms with van der Waals surface area (Å²) in [5.41, 5.74) is 5.97. The van der Waals surface area contributed by atoms with Gasteiger partial charge in [-0.05, 0) is 31.5 Å². The summed E-state index contributed by atoms with van der Waals surface area (Å²) >= 11 is 1.38. The Balaban J connectivity index is 2.27. The van der Waals surface area contributed by atoms with Gasteiger partial charge in [0.25, 0.3) is 0 Å². The van der Waals surface area contributed by atoms with E-state index in [9.17, 15) is 12.8 Å². The minimum Gasteiger partial charge on any atom is -0.399 e. The van der Waals surface area contributed by atoms with Crippen LogP contribution in [0.3, 0.4) is 0 Å². The van der Waals surface area contributed by atoms with Crippen molar-refractivity contribution >= 4 is 27.0 Å². The van der Waals surface area contributed by atoms with Crippen LogP contribution in [0.4, 0.5) is 10.1 Å². The van der Waals surface area contributed by atoms with E-state index in [1.165, 1.54) is 24.3 Å². The van der Waals surface area contributed by atoms with Gasteiger partial charge in [-0.3, -0.25) is 0 Å². The monoisotopic (exact) mass is 315 g/mol. The number of nitrogens with one attached hydrogen (secondary N) is 1. The molecule has 0 saturated carbocycles. The number of anilines is 1. The van der Waals surface area contributed by atoms with E-state index in [-0.39, 0.29) is 17.8 Å². The normalized spacial score (nSPS) is 11.8. The van der Waals surface area contributed by atoms with E-state index in [4.69, 9.17) is 5.73 Å². The first kappa shape index (κ1) is 14.9. The van der Waals surface area contributed by atoms with Gasteiger partial charge in [0, 0.05) is 23.3 Å². The molecule has 0 amide bonds. The van der Waals surface area contributed by atoms with Gasteiger partial charge >= 0.3 is 0 Å². The summed E-state index contributed by atoms with van der Waals surface area (Å²) in [6, 6.07) is 2.50. The molecule has 1 aromatic carbocycles. The molecule has 3 N–H and O–H groups in total. The van der Waals surface area contributed by atoms with Crippen LogP contribution < -0.4 is 10.5 Å². The topological polar surface area (TPSA) is 85.1 Å². The zero-order valence-corrected chi connectivity index (χ0v) is 12.6. The van der Waals surface area contributed by atoms with Crippen molar-refractivity contribution in [3.05, 3.63) is 39.6 Å². The van der Waals surface area contributed by atoms with E-state index < -0.39 is 20.7 Å². The highest BCUT2D eigenvalue weighted by Crippen LogP contribution is 2.22. The number of aryl methyl sites for hydroxylation is 2. The Bertz CT molecular complexity index is 741. The van der Waals surface area contributed by atoms with Crippen LogP contribution in [0.25, 0.3) is 0 Å². The lowest BCUT2D eigenvalue weighted by atomic mass is 10.2. The van der Waals surface area contributed by atoms with Crippen LogP contribution in [-0.2, 0) is 16.6 Å². The number of halogens is 1. The smallest absolute Gasteiger partial charge is 0.243 e. The van der Waals surface area contributed by atoms with Crippen molar-refractivity contribution < 1.29 is 12.8 Å². The standard InChI is InChI=1S/C12H14FN3O2S2/c1-7-3-9(14)4-11(12(7)13)20(17,18)16-6-10-5-15-8(2)19-10/h3-5,16H,6,14H2,1-2H3. The number of benzene rings is 1. The summed E-state index contributed by atoms with van der Waals surface area (Å²) < 4.78 is 40.5. The van der Waals surface area contributed by atoms with Crippen molar-refractivity contribution in [3.63, 3.8) is 0 Å². The van der Waals surface area contributed by atoms with Gasteiger partial charge < -0.3 is 5.73 Å². The molecule has 0 aliphatic rings. The van der Waals surface area contributed by atoms with Crippen LogP contribution in [0.1, 0.15) is 15.4 Å². The maximum atomic E-state index is 13.9. The number of nitrogens with two attached hydrogens (primary N) is 1. The summed E-state index contributed by atoms with van der Waals surface area (Å²) in [5, 5.41) is 0.838. The maximum absolute atomic E-state index is 13.9. The maximum Gasteiger partial charge on any atom is 0.243 e. The first-order valence-corrected chi connectivity index (χ1v) is 8.06. The second kappa shape index (κ2) is 5.47. The molecule has 0 saturated heterocycles. The third-order valence-electron chi connectivity index (χ3n) is 2.64. The summed E-state index contributed by atoms with van der Waals surface area (Å²) in [6.07, 6.45) is 1.59. The van der Waals surface area contributed by atoms with Crippen molar-refractivity contribution in [2.45, 2.75) is 25.3 Å². The average molecular weight is 315 g/mol. The van der Waals surface area contributed by atoms with Crippen molar-refractivity contribution in [2.75, 3.05) is 5.73 Å². The molecule has 5 nitrogen and oxygen atoms in total. The van der Waals surface area contributed by atoms with E-state index in [1.807, 2.05) is 6.92 Å². The van der Waals surface area contributed by atoms with Crippen LogP contribution in [0.5, 0.6) is 0 Å². The number of rotatable bonds is 4. The van der Waals surface area contributed by atoms with Gasteiger partial charge in [-0.1, -0.05) is 0 Å². The predicted octanol–water partition coefficient (Wildman–Crippen LogP) is 1.96. The van der Waals surface area contributed by atoms with Crippen LogP contribution >= 0.6 is 11.3 Å². The Morgan fingerprint density at radius 2 is 2.10 bits per heavy atom. The number of sulfonamides is 1. The number of hydrogen-bond donors (Lipinski definition) is 2. The Labute approximate surface area is 120 Å². The Hall–Kier alpha value is -1.51. The lowest BCUT2D eigenvalue weighted by Gasteiger charge is -2.09. The molecule has 1 heterocycles. The lowest BCUT2D eigenvalue weighted by molar-refractivity contribution is 0.553. The van der Waals surface area contributed by atoms with E-state index in [0.29, 0.717) is 0 Å². The molecule has 0 atom stereocenters. The highest BCUT2D eigenvalue weighted by Gasteiger charge is 2.21. The van der Waals surface area contributed by atoms with Gasteiger partial charge in [-0.15, -0.1) is 11.3 Å². The second-order valence-corrected chi connectivity index (χ2v) is 7.37. The fourth-order valence-electron chi connectivity index (χ4n) is 1.69. The molecule has 0 unspecified atom stereocenters. The molecular weight excluding hydrogens is 301 g/mol. The third kappa shape index (κ3) is 3.14. The Kier molecular flexibility index (Phi) is 4.07. The van der Waals surface area contributed by atoms with Gasteiger partial charge in [0.1, 0.15) is 10.7 Å². The van der Waals surface area contributed by atoms with Crippen LogP contribution in [0.15, 0.2) is 23.2 Å². The van der Waals surface area contributed by atoms with Crippen molar-refractivity contribution in [1.82, 2.24) is 9.71 Å². The van der Waals surface area contributed by atoms with Crippen LogP contribution in [0, 0.1) is 19.7 Å². The number of nitrogen functional groups attached to an aromatic ring is 1. The predicted molar refractivity (Wildman–Crippen MR) is 76.4 cm³/mol. The van der Waals surface area contributed by atoms with Crippen LogP contribution in [0.2, 0.25) is 0 Å². The number of thiazole rings is 1. The number of aromatic nitrogens is 1. The minimum atomic E-state index is -3.95. The quantitative estimate of drug-likeness (QED) is 0.845. The molecule has 0 spiro atoms. The van der Waals surface area contributed by atoms with Gasteiger partial charge in [0.15, 0.2) is 0 Å². The van der Waals surface area contributed by atoms with E-state index in [1.54, 1.807) is 6.20 Å². The van der Waals surface area contributed by atoms with Crippen LogP contribution in [-0.4, -0.2) is 13.4 Å². The largest absolute Gasteiger partial charge is 0.399 e. The molecule has 1 aromatic heterocycles. The van der Waals surface area contributed by atoms with Gasteiger partial charge in [-0.2, -0.15) is 0 Å². The highest BCUT2D eigenvalue weighted by atomic mass is 32.2. The van der Waals surface area contributed by atoms with Gasteiger partial charge in [-0.25, -0.2) is 22.5 Å². The summed E-state index contributed by atoms with van der Waals surface area (Å²) in [4.78, 5) is 4.35. The lowest BCUT2D eigenvalue weighted by Crippen LogP contribution is -2.24. The molecule has 0 fully saturated rings. The van der Waals surface area contributed by atoms with Crippen molar-refractivity contribution in [2.24, 2.45) is 0 Å². The SMILES string of the molecule is Cc1ncc(CNS(=O)(=O)c2cc(N)cc(C)c2F)s1. The summed E-state index contributed by atoms with van der Waals surface area (Å²) in [6.45, 7) is 3.36. The molecule has 2 aromatic rings. The van der Waals surface area contributed by atoms with E-state index in [0.717, 1.165) is 16.0 Å². The molecule has 108 valence electrons. The van der Waals surface area contributed by atoms with Gasteiger partial charge in [0.2, 0.25) is 10.0 Å². The third-order valence-corrected chi connectivity index (χ3v) is 4.95. The minimum absolute atomic E-state index is 0.0706. The molecule has 0 aliphatic carbocycles. The van der Waals surface area contributed by atoms with Crippen molar-refractivity contribution in [3.8, 4) is 0 Å². The van der Waals surface area contributed by atoms with Gasteiger partial charge in [0.05, 0.1) is 5.01 Å². The fourth-order valence-corrected chi connectivity index (χ4v) is 3.71. The zero-order chi connectivity index (χ0) is 14.9. The highest BCUT2D eigenvalue weighted by molar-refractivity contribution is 7.89. The Morgan fingerprint density at radius 3 is 2.70 bits per heavy atom. The number of hydrogen-bond acceptors (Lipinski definition) is 5. The molecule has 20 heavy (non-hydrogen) atoms. The summed E-state index contributed by atoms with van der Waals surface area (Å²) in [7, 11) is -3.95. The first-order chi connectivity index (χ1) is 9.29. The average Bonchev–Trinajstić information content (AvgIpc) is 2.77. The molecule has 8 heteroatoms. The Morgan fingerprint density at radius 1 is 1.40 bits per heavy atom. The summed E-state index contributed by atoms with van der Waals surface area (Å²) in [5.74, 6) is -0.785. The molecule has 0 bridgehead atoms. The number of nitrogens with zero attached hydrogens (tertiary/aromatic N) is 1. The first-order valence-electron chi connectivity index (χ1n) is 5.76. The molecule has 0 aliphatic heterocycles. The van der Waals surface area contributed by atoms with E-state index in [2.05, 4.69) is 9.71 Å². The molecule has 2 rings (SSSR count). The van der Waals surface area contributed by atoms with Crippen molar-refractivity contribution in [1.29, 1.82) is 0 Å².